The molecule has 0 amide bonds. The molecule has 118 valence electrons. The molecule has 1 fully saturated rings. The van der Waals surface area contributed by atoms with Crippen molar-refractivity contribution in [3.63, 3.8) is 0 Å². The topological polar surface area (TPSA) is 78.2 Å². The second-order valence-corrected chi connectivity index (χ2v) is 8.13. The van der Waals surface area contributed by atoms with E-state index in [-0.39, 0.29) is 4.90 Å². The Morgan fingerprint density at radius 1 is 1.17 bits per heavy atom. The summed E-state index contributed by atoms with van der Waals surface area (Å²) in [6.45, 7) is -0.516. The van der Waals surface area contributed by atoms with Gasteiger partial charge < -0.3 is 5.11 Å². The Labute approximate surface area is 139 Å². The number of hydrogen-bond acceptors (Lipinski definition) is 4. The largest absolute Gasteiger partial charge is 0.395 e. The number of rotatable bonds is 4. The molecule has 0 saturated heterocycles. The summed E-state index contributed by atoms with van der Waals surface area (Å²) in [6, 6.07) is 16.8. The normalized spacial score (nSPS) is 26.5. The van der Waals surface area contributed by atoms with E-state index in [9.17, 15) is 18.8 Å². The smallest absolute Gasteiger partial charge is 0.183 e. The summed E-state index contributed by atoms with van der Waals surface area (Å²) in [6.07, 6.45) is 0. The Morgan fingerprint density at radius 2 is 1.87 bits per heavy atom. The molecule has 0 bridgehead atoms. The molecule has 0 aromatic heterocycles. The molecule has 1 aliphatic carbocycles. The van der Waals surface area contributed by atoms with Gasteiger partial charge in [0.2, 0.25) is 0 Å². The first-order valence-electron chi connectivity index (χ1n) is 7.04. The second-order valence-electron chi connectivity index (χ2n) is 5.62. The van der Waals surface area contributed by atoms with Gasteiger partial charge in [-0.25, -0.2) is 8.42 Å². The highest BCUT2D eigenvalue weighted by atomic mass is 35.5. The van der Waals surface area contributed by atoms with E-state index in [0.717, 1.165) is 0 Å². The Kier molecular flexibility index (Phi) is 3.93. The quantitative estimate of drug-likeness (QED) is 0.922. The summed E-state index contributed by atoms with van der Waals surface area (Å²) in [5.74, 6) is -0.596. The molecule has 1 aliphatic rings. The zero-order chi connectivity index (χ0) is 16.7. The molecular weight excluding hydrogens is 334 g/mol. The number of nitrogens with zero attached hydrogens (tertiary/aromatic N) is 1. The van der Waals surface area contributed by atoms with E-state index in [2.05, 4.69) is 0 Å². The fraction of sp³-hybridized carbons (Fsp3) is 0.235. The van der Waals surface area contributed by atoms with Crippen LogP contribution in [0.15, 0.2) is 59.5 Å². The van der Waals surface area contributed by atoms with Crippen LogP contribution in [0.25, 0.3) is 0 Å². The lowest BCUT2D eigenvalue weighted by molar-refractivity contribution is 0.242. The van der Waals surface area contributed by atoms with Gasteiger partial charge in [-0.1, -0.05) is 41.9 Å². The van der Waals surface area contributed by atoms with E-state index in [4.69, 9.17) is 11.6 Å². The average Bonchev–Trinajstić information content (AvgIpc) is 3.26. The maximum Gasteiger partial charge on any atom is 0.183 e. The standard InChI is InChI=1S/C17H14ClNO3S/c18-13-6-4-5-12(9-13)15-16(17(15,10-19)11-20)23(21,22)14-7-2-1-3-8-14/h1-9,15-16,20H,11H2/t15-,16-,17-/m0/s1. The molecule has 3 atom stereocenters. The molecule has 0 radical (unpaired) electrons. The van der Waals surface area contributed by atoms with Gasteiger partial charge in [-0.3, -0.25) is 0 Å². The van der Waals surface area contributed by atoms with Crippen LogP contribution >= 0.6 is 11.6 Å². The first kappa shape index (κ1) is 16.0. The van der Waals surface area contributed by atoms with Crippen LogP contribution in [0.3, 0.4) is 0 Å². The maximum atomic E-state index is 12.9. The van der Waals surface area contributed by atoms with Gasteiger partial charge in [-0.2, -0.15) is 5.26 Å². The summed E-state index contributed by atoms with van der Waals surface area (Å²) in [7, 11) is -3.73. The molecule has 2 aromatic rings. The minimum Gasteiger partial charge on any atom is -0.395 e. The van der Waals surface area contributed by atoms with Gasteiger partial charge in [0, 0.05) is 10.9 Å². The minimum absolute atomic E-state index is 0.155. The molecule has 2 aromatic carbocycles. The average molecular weight is 348 g/mol. The highest BCUT2D eigenvalue weighted by Gasteiger charge is 2.72. The van der Waals surface area contributed by atoms with Crippen molar-refractivity contribution in [3.8, 4) is 6.07 Å². The Morgan fingerprint density at radius 3 is 2.43 bits per heavy atom. The van der Waals surface area contributed by atoms with Gasteiger partial charge >= 0.3 is 0 Å². The van der Waals surface area contributed by atoms with Crippen molar-refractivity contribution in [2.75, 3.05) is 6.61 Å². The lowest BCUT2D eigenvalue weighted by atomic mass is 10.0. The molecule has 1 N–H and O–H groups in total. The molecule has 4 nitrogen and oxygen atoms in total. The van der Waals surface area contributed by atoms with Crippen molar-refractivity contribution >= 4 is 21.4 Å². The third-order valence-electron chi connectivity index (χ3n) is 4.34. The molecule has 0 aliphatic heterocycles. The molecule has 0 unspecified atom stereocenters. The van der Waals surface area contributed by atoms with E-state index in [1.165, 1.54) is 12.1 Å². The van der Waals surface area contributed by atoms with Crippen molar-refractivity contribution in [3.05, 3.63) is 65.2 Å². The fourth-order valence-corrected chi connectivity index (χ4v) is 5.68. The van der Waals surface area contributed by atoms with Crippen LogP contribution in [0.4, 0.5) is 0 Å². The molecule has 6 heteroatoms. The molecule has 1 saturated carbocycles. The van der Waals surface area contributed by atoms with Crippen LogP contribution in [-0.2, 0) is 9.84 Å². The number of sulfone groups is 1. The highest BCUT2D eigenvalue weighted by Crippen LogP contribution is 2.63. The minimum atomic E-state index is -3.73. The fourth-order valence-electron chi connectivity index (χ4n) is 3.15. The first-order valence-corrected chi connectivity index (χ1v) is 8.96. The van der Waals surface area contributed by atoms with Gasteiger partial charge in [-0.05, 0) is 29.8 Å². The zero-order valence-corrected chi connectivity index (χ0v) is 13.6. The molecule has 0 heterocycles. The summed E-state index contributed by atoms with van der Waals surface area (Å²) >= 11 is 5.98. The summed E-state index contributed by atoms with van der Waals surface area (Å²) in [5, 5.41) is 18.7. The van der Waals surface area contributed by atoms with Crippen LogP contribution in [-0.4, -0.2) is 25.4 Å². The zero-order valence-electron chi connectivity index (χ0n) is 12.1. The van der Waals surface area contributed by atoms with Gasteiger partial charge in [0.15, 0.2) is 9.84 Å². The third kappa shape index (κ3) is 2.43. The molecule has 23 heavy (non-hydrogen) atoms. The van der Waals surface area contributed by atoms with Crippen molar-refractivity contribution in [1.29, 1.82) is 5.26 Å². The number of halogens is 1. The predicted molar refractivity (Wildman–Crippen MR) is 86.7 cm³/mol. The Hall–Kier alpha value is -1.87. The first-order chi connectivity index (χ1) is 11.0. The lowest BCUT2D eigenvalue weighted by Gasteiger charge is -2.05. The van der Waals surface area contributed by atoms with Crippen LogP contribution < -0.4 is 0 Å². The number of hydrogen-bond donors (Lipinski definition) is 1. The number of benzene rings is 2. The van der Waals surface area contributed by atoms with Crippen LogP contribution in [0.1, 0.15) is 11.5 Å². The van der Waals surface area contributed by atoms with E-state index >= 15 is 0 Å². The van der Waals surface area contributed by atoms with Crippen molar-refractivity contribution < 1.29 is 13.5 Å². The Bertz CT molecular complexity index is 876. The number of aliphatic hydroxyl groups excluding tert-OH is 1. The highest BCUT2D eigenvalue weighted by molar-refractivity contribution is 7.92. The van der Waals surface area contributed by atoms with E-state index in [0.29, 0.717) is 10.6 Å². The van der Waals surface area contributed by atoms with Crippen LogP contribution in [0.2, 0.25) is 5.02 Å². The molecule has 3 rings (SSSR count). The van der Waals surface area contributed by atoms with Crippen molar-refractivity contribution in [1.82, 2.24) is 0 Å². The van der Waals surface area contributed by atoms with Crippen molar-refractivity contribution in [2.45, 2.75) is 16.1 Å². The van der Waals surface area contributed by atoms with Crippen molar-refractivity contribution in [2.24, 2.45) is 5.41 Å². The maximum absolute atomic E-state index is 12.9. The van der Waals surface area contributed by atoms with Crippen LogP contribution in [0, 0.1) is 16.7 Å². The van der Waals surface area contributed by atoms with Gasteiger partial charge in [-0.15, -0.1) is 0 Å². The third-order valence-corrected chi connectivity index (χ3v) is 6.87. The van der Waals surface area contributed by atoms with Gasteiger partial charge in [0.25, 0.3) is 0 Å². The van der Waals surface area contributed by atoms with E-state index < -0.39 is 33.0 Å². The summed E-state index contributed by atoms with van der Waals surface area (Å²) in [5.41, 5.74) is -0.683. The Balaban J connectivity index is 2.10. The van der Waals surface area contributed by atoms with E-state index in [1.807, 2.05) is 6.07 Å². The van der Waals surface area contributed by atoms with Crippen LogP contribution in [0.5, 0.6) is 0 Å². The summed E-state index contributed by atoms with van der Waals surface area (Å²) in [4.78, 5) is 0.155. The number of aliphatic hydroxyl groups is 1. The van der Waals surface area contributed by atoms with Gasteiger partial charge in [0.1, 0.15) is 5.41 Å². The SMILES string of the molecule is N#C[C@]1(CO)[C@@H](c2cccc(Cl)c2)[C@@H]1S(=O)(=O)c1ccccc1. The summed E-state index contributed by atoms with van der Waals surface area (Å²) < 4.78 is 25.8. The van der Waals surface area contributed by atoms with Gasteiger partial charge in [0.05, 0.1) is 22.8 Å². The van der Waals surface area contributed by atoms with E-state index in [1.54, 1.807) is 42.5 Å². The number of nitriles is 1. The molecular formula is C17H14ClNO3S. The predicted octanol–water partition coefficient (Wildman–Crippen LogP) is 2.78. The molecule has 0 spiro atoms. The monoisotopic (exact) mass is 347 g/mol. The lowest BCUT2D eigenvalue weighted by Crippen LogP contribution is -2.18. The second kappa shape index (κ2) is 5.64.